The van der Waals surface area contributed by atoms with E-state index in [1.165, 1.54) is 16.5 Å². The molecule has 1 aliphatic heterocycles. The van der Waals surface area contributed by atoms with Gasteiger partial charge in [0, 0.05) is 30.2 Å². The molecule has 2 N–H and O–H groups in total. The minimum Gasteiger partial charge on any atom is -0.444 e. The van der Waals surface area contributed by atoms with Crippen LogP contribution in [0.5, 0.6) is 0 Å². The molecule has 1 fully saturated rings. The first-order valence-corrected chi connectivity index (χ1v) is 11.3. The van der Waals surface area contributed by atoms with Crippen LogP contribution in [-0.4, -0.2) is 44.9 Å². The van der Waals surface area contributed by atoms with E-state index in [9.17, 15) is 4.79 Å². The van der Waals surface area contributed by atoms with Crippen molar-refractivity contribution in [3.8, 4) is 11.3 Å². The topological polar surface area (TPSA) is 74.0 Å². The lowest BCUT2D eigenvalue weighted by Gasteiger charge is -2.33. The van der Waals surface area contributed by atoms with Crippen LogP contribution in [0, 0.1) is 6.92 Å². The lowest BCUT2D eigenvalue weighted by atomic mass is 9.86. The molecular formula is C25H34N4O2. The Bertz CT molecular complexity index is 1080. The van der Waals surface area contributed by atoms with Crippen molar-refractivity contribution < 1.29 is 9.53 Å². The number of carbonyl (C=O) groups is 1. The summed E-state index contributed by atoms with van der Waals surface area (Å²) in [6.07, 6.45) is 3.81. The van der Waals surface area contributed by atoms with Gasteiger partial charge in [-0.2, -0.15) is 5.10 Å². The molecule has 0 saturated carbocycles. The summed E-state index contributed by atoms with van der Waals surface area (Å²) in [5, 5.41) is 8.81. The third-order valence-electron chi connectivity index (χ3n) is 6.08. The zero-order chi connectivity index (χ0) is 22.3. The van der Waals surface area contributed by atoms with Gasteiger partial charge in [-0.1, -0.05) is 13.8 Å². The van der Waals surface area contributed by atoms with Gasteiger partial charge in [0.15, 0.2) is 0 Å². The lowest BCUT2D eigenvalue weighted by molar-refractivity contribution is 0.0205. The van der Waals surface area contributed by atoms with Crippen molar-refractivity contribution in [3.05, 3.63) is 41.2 Å². The quantitative estimate of drug-likeness (QED) is 0.535. The molecule has 3 heterocycles. The summed E-state index contributed by atoms with van der Waals surface area (Å²) in [6, 6.07) is 6.74. The van der Waals surface area contributed by atoms with E-state index in [0.29, 0.717) is 11.8 Å². The molecule has 0 radical (unpaired) electrons. The third-order valence-corrected chi connectivity index (χ3v) is 6.08. The van der Waals surface area contributed by atoms with E-state index in [-0.39, 0.29) is 6.09 Å². The van der Waals surface area contributed by atoms with E-state index in [1.54, 1.807) is 0 Å². The Kier molecular flexibility index (Phi) is 5.58. The van der Waals surface area contributed by atoms with Gasteiger partial charge >= 0.3 is 6.09 Å². The fourth-order valence-corrected chi connectivity index (χ4v) is 4.48. The first-order chi connectivity index (χ1) is 14.6. The van der Waals surface area contributed by atoms with Crippen molar-refractivity contribution in [3.63, 3.8) is 0 Å². The van der Waals surface area contributed by atoms with Crippen LogP contribution < -0.4 is 0 Å². The van der Waals surface area contributed by atoms with Crippen LogP contribution in [0.3, 0.4) is 0 Å². The third kappa shape index (κ3) is 4.48. The predicted octanol–water partition coefficient (Wildman–Crippen LogP) is 6.10. The number of H-pyrrole nitrogens is 2. The Labute approximate surface area is 184 Å². The molecule has 3 aromatic rings. The molecule has 0 unspecified atom stereocenters. The van der Waals surface area contributed by atoms with Crippen LogP contribution in [0.15, 0.2) is 24.4 Å². The highest BCUT2D eigenvalue weighted by atomic mass is 16.6. The number of aromatic nitrogens is 3. The number of aromatic amines is 2. The summed E-state index contributed by atoms with van der Waals surface area (Å²) in [7, 11) is 0. The molecule has 0 aliphatic carbocycles. The first-order valence-electron chi connectivity index (χ1n) is 11.3. The van der Waals surface area contributed by atoms with Crippen LogP contribution in [0.25, 0.3) is 22.2 Å². The summed E-state index contributed by atoms with van der Waals surface area (Å²) < 4.78 is 5.56. The average molecular weight is 423 g/mol. The molecule has 6 nitrogen and oxygen atoms in total. The van der Waals surface area contributed by atoms with Gasteiger partial charge in [-0.05, 0) is 81.7 Å². The number of rotatable bonds is 3. The van der Waals surface area contributed by atoms with Crippen LogP contribution in [0.2, 0.25) is 0 Å². The highest BCUT2D eigenvalue weighted by Gasteiger charge is 2.28. The molecule has 1 aliphatic rings. The van der Waals surface area contributed by atoms with E-state index in [4.69, 9.17) is 4.74 Å². The number of fused-ring (bicyclic) bond motifs is 1. The second kappa shape index (κ2) is 8.06. The molecule has 4 rings (SSSR count). The Hall–Kier alpha value is -2.76. The van der Waals surface area contributed by atoms with Gasteiger partial charge in [-0.3, -0.25) is 5.10 Å². The average Bonchev–Trinajstić information content (AvgIpc) is 3.32. The van der Waals surface area contributed by atoms with Crippen molar-refractivity contribution in [1.29, 1.82) is 0 Å². The second-order valence-electron chi connectivity index (χ2n) is 10.1. The normalized spacial score (nSPS) is 15.8. The molecule has 166 valence electrons. The van der Waals surface area contributed by atoms with Gasteiger partial charge in [0.25, 0.3) is 0 Å². The fourth-order valence-electron chi connectivity index (χ4n) is 4.48. The van der Waals surface area contributed by atoms with Crippen LogP contribution in [0.4, 0.5) is 4.79 Å². The molecule has 2 aromatic heterocycles. The monoisotopic (exact) mass is 422 g/mol. The van der Waals surface area contributed by atoms with Crippen molar-refractivity contribution >= 4 is 17.0 Å². The largest absolute Gasteiger partial charge is 0.444 e. The molecule has 0 bridgehead atoms. The van der Waals surface area contributed by atoms with E-state index in [2.05, 4.69) is 53.4 Å². The van der Waals surface area contributed by atoms with E-state index < -0.39 is 5.60 Å². The van der Waals surface area contributed by atoms with Gasteiger partial charge in [-0.15, -0.1) is 0 Å². The summed E-state index contributed by atoms with van der Waals surface area (Å²) in [4.78, 5) is 17.8. The number of nitrogens with zero attached hydrogens (tertiary/aromatic N) is 2. The van der Waals surface area contributed by atoms with Gasteiger partial charge in [0.1, 0.15) is 5.60 Å². The van der Waals surface area contributed by atoms with Crippen molar-refractivity contribution in [2.24, 2.45) is 0 Å². The van der Waals surface area contributed by atoms with Gasteiger partial charge in [0.05, 0.1) is 16.9 Å². The molecule has 1 amide bonds. The van der Waals surface area contributed by atoms with Crippen LogP contribution in [-0.2, 0) is 4.74 Å². The number of piperidine rings is 1. The van der Waals surface area contributed by atoms with Gasteiger partial charge in [-0.25, -0.2) is 4.79 Å². The molecule has 0 atom stereocenters. The Morgan fingerprint density at radius 1 is 1.19 bits per heavy atom. The maximum Gasteiger partial charge on any atom is 0.410 e. The standard InChI is InChI=1S/C25H34N4O2/c1-15(2)21-14-26-23-19(21)12-18(13-20(23)22-11-16(3)27-28-22)17-7-9-29(10-8-17)24(30)31-25(4,5)6/h11-15,17,26H,7-10H2,1-6H3,(H,27,28). The molecule has 6 heteroatoms. The number of hydrogen-bond acceptors (Lipinski definition) is 3. The highest BCUT2D eigenvalue weighted by molar-refractivity contribution is 5.96. The summed E-state index contributed by atoms with van der Waals surface area (Å²) in [6.45, 7) is 13.6. The second-order valence-corrected chi connectivity index (χ2v) is 10.1. The summed E-state index contributed by atoms with van der Waals surface area (Å²) >= 11 is 0. The molecule has 31 heavy (non-hydrogen) atoms. The maximum atomic E-state index is 12.4. The van der Waals surface area contributed by atoms with Gasteiger partial charge < -0.3 is 14.6 Å². The smallest absolute Gasteiger partial charge is 0.410 e. The number of ether oxygens (including phenoxy) is 1. The molecular weight excluding hydrogens is 388 g/mol. The van der Waals surface area contributed by atoms with Crippen LogP contribution in [0.1, 0.15) is 76.1 Å². The maximum absolute atomic E-state index is 12.4. The predicted molar refractivity (Wildman–Crippen MR) is 124 cm³/mol. The number of hydrogen-bond donors (Lipinski definition) is 2. The zero-order valence-corrected chi connectivity index (χ0v) is 19.5. The van der Waals surface area contributed by atoms with E-state index in [1.807, 2.05) is 32.6 Å². The number of likely N-dealkylation sites (tertiary alicyclic amines) is 1. The minimum atomic E-state index is -0.461. The molecule has 1 saturated heterocycles. The fraction of sp³-hybridized carbons (Fsp3) is 0.520. The number of nitrogens with one attached hydrogen (secondary N) is 2. The number of aryl methyl sites for hydroxylation is 1. The SMILES string of the molecule is Cc1cc(-c2cc(C3CCN(C(=O)OC(C)(C)C)CC3)cc3c(C(C)C)c[nH]c23)[nH]n1. The van der Waals surface area contributed by atoms with Crippen molar-refractivity contribution in [2.45, 2.75) is 71.8 Å². The Morgan fingerprint density at radius 3 is 2.48 bits per heavy atom. The summed E-state index contributed by atoms with van der Waals surface area (Å²) in [5.41, 5.74) is 6.54. The van der Waals surface area contributed by atoms with E-state index >= 15 is 0 Å². The highest BCUT2D eigenvalue weighted by Crippen LogP contribution is 2.38. The Balaban J connectivity index is 1.64. The number of amides is 1. The number of carbonyl (C=O) groups excluding carboxylic acids is 1. The van der Waals surface area contributed by atoms with Crippen molar-refractivity contribution in [1.82, 2.24) is 20.1 Å². The molecule has 1 aromatic carbocycles. The first kappa shape index (κ1) is 21.5. The van der Waals surface area contributed by atoms with E-state index in [0.717, 1.165) is 48.4 Å². The molecule has 0 spiro atoms. The minimum absolute atomic E-state index is 0.206. The van der Waals surface area contributed by atoms with Crippen molar-refractivity contribution in [2.75, 3.05) is 13.1 Å². The Morgan fingerprint density at radius 2 is 1.90 bits per heavy atom. The lowest BCUT2D eigenvalue weighted by Crippen LogP contribution is -2.41. The zero-order valence-electron chi connectivity index (χ0n) is 19.5. The number of benzene rings is 1. The van der Waals surface area contributed by atoms with Crippen LogP contribution >= 0.6 is 0 Å². The van der Waals surface area contributed by atoms with Gasteiger partial charge in [0.2, 0.25) is 0 Å². The summed E-state index contributed by atoms with van der Waals surface area (Å²) in [5.74, 6) is 0.857.